The Morgan fingerprint density at radius 3 is 2.83 bits per heavy atom. The molecule has 2 rings (SSSR count). The molecule has 1 aliphatic rings. The predicted octanol–water partition coefficient (Wildman–Crippen LogP) is 3.51. The van der Waals surface area contributed by atoms with Crippen molar-refractivity contribution in [2.45, 2.75) is 38.6 Å². The zero-order valence-corrected chi connectivity index (χ0v) is 10.4. The largest absolute Gasteiger partial charge is 0.478 e. The molecule has 1 atom stereocenters. The maximum absolute atomic E-state index is 13.5. The lowest BCUT2D eigenvalue weighted by atomic mass is 10.1. The van der Waals surface area contributed by atoms with Crippen LogP contribution in [0.4, 0.5) is 10.1 Å². The van der Waals surface area contributed by atoms with Gasteiger partial charge in [0.05, 0.1) is 5.69 Å². The molecule has 0 bridgehead atoms. The summed E-state index contributed by atoms with van der Waals surface area (Å²) in [7, 11) is 0. The van der Waals surface area contributed by atoms with Crippen LogP contribution in [-0.2, 0) is 0 Å². The first kappa shape index (κ1) is 12.9. The fraction of sp³-hybridized carbons (Fsp3) is 0.500. The van der Waals surface area contributed by atoms with E-state index in [1.165, 1.54) is 25.0 Å². The van der Waals surface area contributed by atoms with Gasteiger partial charge in [-0.3, -0.25) is 0 Å². The minimum absolute atomic E-state index is 0.220. The second-order valence-corrected chi connectivity index (χ2v) is 4.90. The van der Waals surface area contributed by atoms with Crippen molar-refractivity contribution in [1.82, 2.24) is 0 Å². The number of carboxylic acids is 1. The predicted molar refractivity (Wildman–Crippen MR) is 68.4 cm³/mol. The Morgan fingerprint density at radius 1 is 1.56 bits per heavy atom. The van der Waals surface area contributed by atoms with Crippen LogP contribution in [0.5, 0.6) is 0 Å². The third-order valence-electron chi connectivity index (χ3n) is 3.39. The third kappa shape index (κ3) is 3.00. The molecule has 0 aromatic heterocycles. The van der Waals surface area contributed by atoms with Gasteiger partial charge in [0.1, 0.15) is 11.4 Å². The maximum atomic E-state index is 13.5. The number of carbonyl (C=O) groups is 1. The molecule has 1 saturated carbocycles. The van der Waals surface area contributed by atoms with Crippen LogP contribution in [0.15, 0.2) is 18.2 Å². The quantitative estimate of drug-likeness (QED) is 0.813. The molecule has 0 spiro atoms. The molecule has 0 saturated heterocycles. The fourth-order valence-corrected chi connectivity index (χ4v) is 2.17. The van der Waals surface area contributed by atoms with Crippen molar-refractivity contribution >= 4 is 11.7 Å². The number of aromatic carboxylic acids is 1. The standard InChI is InChI=1S/C14H18FNO2/c1-2-10(8-9-6-7-9)16-12-5-3-4-11(15)13(12)14(17)18/h3-5,9-10,16H,2,6-8H2,1H3,(H,17,18). The summed E-state index contributed by atoms with van der Waals surface area (Å²) in [6.45, 7) is 2.06. The Bertz CT molecular complexity index is 443. The SMILES string of the molecule is CCC(CC1CC1)Nc1cccc(F)c1C(=O)O. The molecule has 1 fully saturated rings. The average Bonchev–Trinajstić information content (AvgIpc) is 3.11. The second-order valence-electron chi connectivity index (χ2n) is 4.90. The van der Waals surface area contributed by atoms with Gasteiger partial charge in [-0.1, -0.05) is 25.8 Å². The summed E-state index contributed by atoms with van der Waals surface area (Å²) in [6, 6.07) is 4.56. The Balaban J connectivity index is 2.15. The van der Waals surface area contributed by atoms with Crippen LogP contribution in [0.3, 0.4) is 0 Å². The summed E-state index contributed by atoms with van der Waals surface area (Å²) in [5.41, 5.74) is 0.127. The lowest BCUT2D eigenvalue weighted by Crippen LogP contribution is -2.21. The molecule has 0 radical (unpaired) electrons. The molecule has 4 heteroatoms. The first-order chi connectivity index (χ1) is 8.61. The van der Waals surface area contributed by atoms with E-state index >= 15 is 0 Å². The van der Waals surface area contributed by atoms with E-state index in [0.717, 1.165) is 18.8 Å². The molecular weight excluding hydrogens is 233 g/mol. The zero-order valence-electron chi connectivity index (χ0n) is 10.4. The highest BCUT2D eigenvalue weighted by molar-refractivity contribution is 5.94. The first-order valence-corrected chi connectivity index (χ1v) is 6.40. The minimum atomic E-state index is -1.23. The molecule has 1 aromatic rings. The first-order valence-electron chi connectivity index (χ1n) is 6.40. The summed E-state index contributed by atoms with van der Waals surface area (Å²) in [5, 5.41) is 12.2. The summed E-state index contributed by atoms with van der Waals surface area (Å²) in [6.07, 6.45) is 4.46. The minimum Gasteiger partial charge on any atom is -0.478 e. The van der Waals surface area contributed by atoms with E-state index in [1.54, 1.807) is 6.07 Å². The van der Waals surface area contributed by atoms with E-state index in [9.17, 15) is 9.18 Å². The van der Waals surface area contributed by atoms with Crippen LogP contribution < -0.4 is 5.32 Å². The highest BCUT2D eigenvalue weighted by atomic mass is 19.1. The van der Waals surface area contributed by atoms with Gasteiger partial charge in [0, 0.05) is 6.04 Å². The molecular formula is C14H18FNO2. The Morgan fingerprint density at radius 2 is 2.28 bits per heavy atom. The van der Waals surface area contributed by atoms with Crippen LogP contribution in [0.1, 0.15) is 43.0 Å². The van der Waals surface area contributed by atoms with Gasteiger partial charge in [-0.2, -0.15) is 0 Å². The van der Waals surface area contributed by atoms with Crippen molar-refractivity contribution < 1.29 is 14.3 Å². The van der Waals surface area contributed by atoms with E-state index < -0.39 is 11.8 Å². The average molecular weight is 251 g/mol. The molecule has 1 unspecified atom stereocenters. The van der Waals surface area contributed by atoms with Crippen molar-refractivity contribution in [2.24, 2.45) is 5.92 Å². The lowest BCUT2D eigenvalue weighted by Gasteiger charge is -2.19. The second kappa shape index (κ2) is 5.38. The number of hydrogen-bond acceptors (Lipinski definition) is 2. The summed E-state index contributed by atoms with van der Waals surface area (Å²) in [5.74, 6) is -1.16. The number of carboxylic acid groups (broad SMARTS) is 1. The lowest BCUT2D eigenvalue weighted by molar-refractivity contribution is 0.0693. The van der Waals surface area contributed by atoms with Crippen LogP contribution in [0.2, 0.25) is 0 Å². The van der Waals surface area contributed by atoms with Crippen molar-refractivity contribution in [3.05, 3.63) is 29.6 Å². The number of hydrogen-bond donors (Lipinski definition) is 2. The van der Waals surface area contributed by atoms with Gasteiger partial charge in [0.25, 0.3) is 0 Å². The number of anilines is 1. The molecule has 2 N–H and O–H groups in total. The van der Waals surface area contributed by atoms with Crippen molar-refractivity contribution in [3.63, 3.8) is 0 Å². The molecule has 0 heterocycles. The van der Waals surface area contributed by atoms with Crippen LogP contribution in [-0.4, -0.2) is 17.1 Å². The third-order valence-corrected chi connectivity index (χ3v) is 3.39. The highest BCUT2D eigenvalue weighted by Gasteiger charge is 2.25. The van der Waals surface area contributed by atoms with Gasteiger partial charge in [-0.05, 0) is 30.9 Å². The van der Waals surface area contributed by atoms with Gasteiger partial charge >= 0.3 is 5.97 Å². The smallest absolute Gasteiger partial charge is 0.340 e. The Labute approximate surface area is 106 Å². The van der Waals surface area contributed by atoms with E-state index in [1.807, 2.05) is 0 Å². The Hall–Kier alpha value is -1.58. The summed E-state index contributed by atoms with van der Waals surface area (Å²) < 4.78 is 13.5. The molecule has 3 nitrogen and oxygen atoms in total. The molecule has 1 aromatic carbocycles. The van der Waals surface area contributed by atoms with Crippen molar-refractivity contribution in [2.75, 3.05) is 5.32 Å². The zero-order chi connectivity index (χ0) is 13.1. The van der Waals surface area contributed by atoms with Crippen LogP contribution >= 0.6 is 0 Å². The van der Waals surface area contributed by atoms with E-state index in [2.05, 4.69) is 12.2 Å². The topological polar surface area (TPSA) is 49.3 Å². The van der Waals surface area contributed by atoms with Crippen LogP contribution in [0.25, 0.3) is 0 Å². The van der Waals surface area contributed by atoms with E-state index in [-0.39, 0.29) is 11.6 Å². The van der Waals surface area contributed by atoms with E-state index in [0.29, 0.717) is 5.69 Å². The van der Waals surface area contributed by atoms with Gasteiger partial charge in [0.15, 0.2) is 0 Å². The maximum Gasteiger partial charge on any atom is 0.340 e. The molecule has 98 valence electrons. The van der Waals surface area contributed by atoms with E-state index in [4.69, 9.17) is 5.11 Å². The van der Waals surface area contributed by atoms with Gasteiger partial charge in [0.2, 0.25) is 0 Å². The Kier molecular flexibility index (Phi) is 3.84. The molecule has 0 aliphatic heterocycles. The highest BCUT2D eigenvalue weighted by Crippen LogP contribution is 2.35. The summed E-state index contributed by atoms with van der Waals surface area (Å²) >= 11 is 0. The van der Waals surface area contributed by atoms with Gasteiger partial charge < -0.3 is 10.4 Å². The van der Waals surface area contributed by atoms with Crippen LogP contribution in [0, 0.1) is 11.7 Å². The monoisotopic (exact) mass is 251 g/mol. The number of benzene rings is 1. The normalized spacial score (nSPS) is 16.3. The molecule has 1 aliphatic carbocycles. The van der Waals surface area contributed by atoms with Crippen molar-refractivity contribution in [3.8, 4) is 0 Å². The number of nitrogens with one attached hydrogen (secondary N) is 1. The number of rotatable bonds is 6. The summed E-state index contributed by atoms with van der Waals surface area (Å²) in [4.78, 5) is 11.1. The molecule has 18 heavy (non-hydrogen) atoms. The number of halogens is 1. The fourth-order valence-electron chi connectivity index (χ4n) is 2.17. The van der Waals surface area contributed by atoms with Crippen molar-refractivity contribution in [1.29, 1.82) is 0 Å². The molecule has 0 amide bonds. The van der Waals surface area contributed by atoms with Gasteiger partial charge in [-0.15, -0.1) is 0 Å². The van der Waals surface area contributed by atoms with Gasteiger partial charge in [-0.25, -0.2) is 9.18 Å².